The van der Waals surface area contributed by atoms with Crippen molar-refractivity contribution in [2.24, 2.45) is 4.99 Å². The number of carboxylic acid groups (broad SMARTS) is 1. The van der Waals surface area contributed by atoms with Gasteiger partial charge >= 0.3 is 5.97 Å². The zero-order valence-electron chi connectivity index (χ0n) is 20.1. The van der Waals surface area contributed by atoms with Crippen molar-refractivity contribution >= 4 is 12.2 Å². The summed E-state index contributed by atoms with van der Waals surface area (Å²) >= 11 is 0. The number of carbonyl (C=O) groups is 1. The van der Waals surface area contributed by atoms with Crippen LogP contribution in [0.2, 0.25) is 0 Å². The highest BCUT2D eigenvalue weighted by Crippen LogP contribution is 2.27. The summed E-state index contributed by atoms with van der Waals surface area (Å²) in [6, 6.07) is 17.2. The average Bonchev–Trinajstić information content (AvgIpc) is 3.23. The Morgan fingerprint density at radius 3 is 2.74 bits per heavy atom. The summed E-state index contributed by atoms with van der Waals surface area (Å²) in [7, 11) is 0. The van der Waals surface area contributed by atoms with E-state index in [9.17, 15) is 4.79 Å². The second kappa shape index (κ2) is 11.4. The van der Waals surface area contributed by atoms with E-state index in [1.807, 2.05) is 11.1 Å². The normalized spacial score (nSPS) is 26.0. The largest absolute Gasteiger partial charge is 0.480 e. The third kappa shape index (κ3) is 6.34. The number of aliphatic carboxylic acids is 1. The Hall–Kier alpha value is -2.62. The number of carboxylic acids is 1. The Balaban J connectivity index is 1.12. The smallest absolute Gasteiger partial charge is 0.317 e. The molecule has 0 saturated carbocycles. The number of nitrogens with one attached hydrogen (secondary N) is 2. The lowest BCUT2D eigenvalue weighted by Crippen LogP contribution is -2.37. The van der Waals surface area contributed by atoms with Gasteiger partial charge in [-0.05, 0) is 48.1 Å². The van der Waals surface area contributed by atoms with Crippen LogP contribution < -0.4 is 10.8 Å². The molecule has 0 aliphatic carbocycles. The third-order valence-electron chi connectivity index (χ3n) is 7.17. The predicted octanol–water partition coefficient (Wildman–Crippen LogP) is 2.38. The molecule has 8 heteroatoms. The van der Waals surface area contributed by atoms with Crippen molar-refractivity contribution in [2.45, 2.75) is 37.6 Å². The fourth-order valence-corrected chi connectivity index (χ4v) is 5.29. The molecule has 0 spiro atoms. The quantitative estimate of drug-likeness (QED) is 0.528. The lowest BCUT2D eigenvalue weighted by Gasteiger charge is -2.23. The van der Waals surface area contributed by atoms with Crippen molar-refractivity contribution in [2.75, 3.05) is 45.8 Å². The Morgan fingerprint density at radius 1 is 1.09 bits per heavy atom. The van der Waals surface area contributed by atoms with Gasteiger partial charge in [-0.3, -0.25) is 29.7 Å². The van der Waals surface area contributed by atoms with E-state index in [1.54, 1.807) is 0 Å². The Kier molecular flexibility index (Phi) is 7.85. The highest BCUT2D eigenvalue weighted by Gasteiger charge is 2.29. The fraction of sp³-hybridized carbons (Fsp3) is 0.481. The highest BCUT2D eigenvalue weighted by atomic mass is 16.7. The van der Waals surface area contributed by atoms with Gasteiger partial charge in [-0.15, -0.1) is 0 Å². The Labute approximate surface area is 206 Å². The molecule has 0 amide bonds. The van der Waals surface area contributed by atoms with Gasteiger partial charge in [0.05, 0.1) is 18.7 Å². The molecule has 2 saturated heterocycles. The topological polar surface area (TPSA) is 89.4 Å². The third-order valence-corrected chi connectivity index (χ3v) is 7.17. The van der Waals surface area contributed by atoms with E-state index >= 15 is 0 Å². The molecule has 3 atom stereocenters. The molecule has 2 aromatic rings. The van der Waals surface area contributed by atoms with Crippen molar-refractivity contribution < 1.29 is 14.7 Å². The molecule has 2 aromatic carbocycles. The molecule has 0 radical (unpaired) electrons. The minimum Gasteiger partial charge on any atom is -0.480 e. The molecule has 5 rings (SSSR count). The zero-order chi connectivity index (χ0) is 24.0. The molecule has 3 heterocycles. The Bertz CT molecular complexity index is 1030. The van der Waals surface area contributed by atoms with Gasteiger partial charge in [0.15, 0.2) is 0 Å². The minimum absolute atomic E-state index is 0.0143. The minimum atomic E-state index is -0.752. The number of rotatable bonds is 7. The van der Waals surface area contributed by atoms with Crippen molar-refractivity contribution in [3.63, 3.8) is 0 Å². The molecule has 0 bridgehead atoms. The number of fused-ring (bicyclic) bond motifs is 1. The molecule has 8 nitrogen and oxygen atoms in total. The molecule has 3 N–H and O–H groups in total. The fourth-order valence-electron chi connectivity index (χ4n) is 5.29. The average molecular weight is 478 g/mol. The van der Waals surface area contributed by atoms with Gasteiger partial charge in [-0.1, -0.05) is 48.5 Å². The first-order valence-corrected chi connectivity index (χ1v) is 12.7. The molecule has 3 unspecified atom stereocenters. The van der Waals surface area contributed by atoms with Gasteiger partial charge in [0.25, 0.3) is 0 Å². The molecule has 2 fully saturated rings. The number of hydrogen-bond acceptors (Lipinski definition) is 7. The van der Waals surface area contributed by atoms with Crippen molar-refractivity contribution in [1.82, 2.24) is 20.6 Å². The standard InChI is InChI=1S/C27H35N5O3/c33-26(34)19-32-13-3-12-31(14-15-32)18-23-16-25(30-35-23)22-8-6-20(7-9-22)17-29-27-24-5-2-1-4-21(24)10-11-28-27/h1-2,4-9,17,23,25,27-28,30H,3,10-16,18-19H2,(H,33,34). The van der Waals surface area contributed by atoms with Crippen LogP contribution in [0.3, 0.4) is 0 Å². The summed E-state index contributed by atoms with van der Waals surface area (Å²) in [6.45, 7) is 5.44. The van der Waals surface area contributed by atoms with Gasteiger partial charge in [0.1, 0.15) is 6.17 Å². The molecular weight excluding hydrogens is 442 g/mol. The maximum atomic E-state index is 11.0. The molecule has 3 aliphatic rings. The van der Waals surface area contributed by atoms with Crippen LogP contribution in [0.4, 0.5) is 0 Å². The maximum Gasteiger partial charge on any atom is 0.317 e. The lowest BCUT2D eigenvalue weighted by atomic mass is 9.99. The number of benzene rings is 2. The van der Waals surface area contributed by atoms with Crippen molar-refractivity contribution in [1.29, 1.82) is 0 Å². The van der Waals surface area contributed by atoms with Crippen molar-refractivity contribution in [3.8, 4) is 0 Å². The second-order valence-corrected chi connectivity index (χ2v) is 9.72. The monoisotopic (exact) mass is 477 g/mol. The van der Waals surface area contributed by atoms with Crippen LogP contribution in [0.15, 0.2) is 53.5 Å². The van der Waals surface area contributed by atoms with E-state index < -0.39 is 5.97 Å². The van der Waals surface area contributed by atoms with Gasteiger partial charge in [0, 0.05) is 38.9 Å². The molecule has 35 heavy (non-hydrogen) atoms. The van der Waals surface area contributed by atoms with Gasteiger partial charge < -0.3 is 5.11 Å². The summed E-state index contributed by atoms with van der Waals surface area (Å²) in [5.74, 6) is -0.752. The van der Waals surface area contributed by atoms with Crippen LogP contribution >= 0.6 is 0 Å². The van der Waals surface area contributed by atoms with E-state index in [2.05, 4.69) is 64.2 Å². The summed E-state index contributed by atoms with van der Waals surface area (Å²) < 4.78 is 0. The number of nitrogens with zero attached hydrogens (tertiary/aromatic N) is 3. The predicted molar refractivity (Wildman–Crippen MR) is 135 cm³/mol. The number of aliphatic imine (C=N–C) groups is 1. The molecule has 3 aliphatic heterocycles. The van der Waals surface area contributed by atoms with Crippen molar-refractivity contribution in [3.05, 3.63) is 70.8 Å². The second-order valence-electron chi connectivity index (χ2n) is 9.72. The first kappa shape index (κ1) is 24.1. The highest BCUT2D eigenvalue weighted by molar-refractivity contribution is 5.79. The molecule has 186 valence electrons. The van der Waals surface area contributed by atoms with Crippen LogP contribution in [0, 0.1) is 0 Å². The SMILES string of the molecule is O=C(O)CN1CCCN(CC2CC(c3ccc(C=NC4NCCc5ccccc54)cc3)NO2)CC1. The van der Waals surface area contributed by atoms with E-state index in [4.69, 9.17) is 14.9 Å². The maximum absolute atomic E-state index is 11.0. The van der Waals surface area contributed by atoms with Crippen LogP contribution in [0.25, 0.3) is 0 Å². The zero-order valence-corrected chi connectivity index (χ0v) is 20.1. The first-order valence-electron chi connectivity index (χ1n) is 12.7. The summed E-state index contributed by atoms with van der Waals surface area (Å²) in [5.41, 5.74) is 8.17. The van der Waals surface area contributed by atoms with E-state index in [0.29, 0.717) is 0 Å². The first-order chi connectivity index (χ1) is 17.1. The van der Waals surface area contributed by atoms with Gasteiger partial charge in [-0.2, -0.15) is 5.48 Å². The van der Waals surface area contributed by atoms with Crippen LogP contribution in [-0.2, 0) is 16.1 Å². The van der Waals surface area contributed by atoms with Crippen LogP contribution in [0.5, 0.6) is 0 Å². The number of hydrogen-bond donors (Lipinski definition) is 3. The summed E-state index contributed by atoms with van der Waals surface area (Å²) in [6.07, 6.45) is 5.06. The van der Waals surface area contributed by atoms with Crippen LogP contribution in [-0.4, -0.2) is 79.0 Å². The van der Waals surface area contributed by atoms with Crippen LogP contribution in [0.1, 0.15) is 47.3 Å². The summed E-state index contributed by atoms with van der Waals surface area (Å²) in [5, 5.41) is 12.5. The molecule has 0 aromatic heterocycles. The van der Waals surface area contributed by atoms with E-state index in [0.717, 1.165) is 64.1 Å². The lowest BCUT2D eigenvalue weighted by molar-refractivity contribution is -0.138. The number of hydroxylamine groups is 1. The van der Waals surface area contributed by atoms with E-state index in [1.165, 1.54) is 16.7 Å². The Morgan fingerprint density at radius 2 is 1.89 bits per heavy atom. The van der Waals surface area contributed by atoms with E-state index in [-0.39, 0.29) is 24.9 Å². The summed E-state index contributed by atoms with van der Waals surface area (Å²) in [4.78, 5) is 26.1. The molecular formula is C27H35N5O3. The van der Waals surface area contributed by atoms with Gasteiger partial charge in [-0.25, -0.2) is 0 Å². The van der Waals surface area contributed by atoms with Gasteiger partial charge in [0.2, 0.25) is 0 Å².